The third-order valence-electron chi connectivity index (χ3n) is 4.18. The molecule has 0 fully saturated rings. The van der Waals surface area contributed by atoms with Crippen LogP contribution in [0.3, 0.4) is 0 Å². The highest BCUT2D eigenvalue weighted by atomic mass is 32.2. The van der Waals surface area contributed by atoms with Crippen molar-refractivity contribution < 1.29 is 23.2 Å². The van der Waals surface area contributed by atoms with Crippen LogP contribution >= 0.6 is 0 Å². The summed E-state index contributed by atoms with van der Waals surface area (Å²) in [5.74, 6) is 0. The van der Waals surface area contributed by atoms with Gasteiger partial charge in [0.2, 0.25) is 0 Å². The smallest absolute Gasteiger partial charge is 0.422 e. The van der Waals surface area contributed by atoms with Gasteiger partial charge >= 0.3 is 7.12 Å². The van der Waals surface area contributed by atoms with Gasteiger partial charge in [0.1, 0.15) is 0 Å². The van der Waals surface area contributed by atoms with Crippen molar-refractivity contribution in [2.24, 2.45) is 0 Å². The molecule has 130 valence electrons. The highest BCUT2D eigenvalue weighted by molar-refractivity contribution is 7.90. The number of rotatable bonds is 6. The first-order valence-corrected chi connectivity index (χ1v) is 8.97. The lowest BCUT2D eigenvalue weighted by atomic mass is 9.80. The Kier molecular flexibility index (Phi) is 4.97. The quantitative estimate of drug-likeness (QED) is 0.758. The Morgan fingerprint density at radius 3 is 2.17 bits per heavy atom. The van der Waals surface area contributed by atoms with Crippen LogP contribution in [0.4, 0.5) is 0 Å². The van der Waals surface area contributed by atoms with Crippen LogP contribution in [0.15, 0.2) is 53.6 Å². The fourth-order valence-corrected chi connectivity index (χ4v) is 3.37. The predicted octanol–water partition coefficient (Wildman–Crippen LogP) is 0.979. The molecule has 6 nitrogen and oxygen atoms in total. The van der Waals surface area contributed by atoms with Crippen molar-refractivity contribution in [3.05, 3.63) is 48.7 Å². The first-order chi connectivity index (χ1) is 11.0. The van der Waals surface area contributed by atoms with E-state index in [1.165, 1.54) is 30.5 Å². The van der Waals surface area contributed by atoms with Crippen LogP contribution in [-0.4, -0.2) is 40.8 Å². The minimum absolute atomic E-state index is 0.0659. The maximum Gasteiger partial charge on any atom is 0.510 e. The highest BCUT2D eigenvalue weighted by Gasteiger charge is 2.41. The molecule has 1 heterocycles. The lowest BCUT2D eigenvalue weighted by Crippen LogP contribution is -2.54. The fourth-order valence-electron chi connectivity index (χ4n) is 1.98. The van der Waals surface area contributed by atoms with E-state index < -0.39 is 28.3 Å². The average molecular weight is 351 g/mol. The molecule has 24 heavy (non-hydrogen) atoms. The molecule has 0 saturated carbocycles. The summed E-state index contributed by atoms with van der Waals surface area (Å²) in [6.07, 6.45) is 1.35. The maximum absolute atomic E-state index is 12.7. The molecule has 0 aliphatic carbocycles. The topological polar surface area (TPSA) is 88.8 Å². The SMILES string of the molecule is CC(C)(O)C(C)(C)OB(O)c1cccn1S(=O)(=O)c1ccccc1. The van der Waals surface area contributed by atoms with Crippen molar-refractivity contribution in [3.63, 3.8) is 0 Å². The summed E-state index contributed by atoms with van der Waals surface area (Å²) in [5, 5.41) is 20.5. The molecule has 1 aromatic carbocycles. The van der Waals surface area contributed by atoms with Crippen LogP contribution in [-0.2, 0) is 14.7 Å². The van der Waals surface area contributed by atoms with E-state index in [1.54, 1.807) is 45.9 Å². The molecular weight excluding hydrogens is 329 g/mol. The lowest BCUT2D eigenvalue weighted by molar-refractivity contribution is -0.0983. The second kappa shape index (κ2) is 6.36. The van der Waals surface area contributed by atoms with Crippen molar-refractivity contribution in [1.29, 1.82) is 0 Å². The molecule has 2 N–H and O–H groups in total. The van der Waals surface area contributed by atoms with Gasteiger partial charge in [-0.05, 0) is 52.0 Å². The van der Waals surface area contributed by atoms with Crippen LogP contribution in [0.2, 0.25) is 0 Å². The molecule has 1 aromatic heterocycles. The minimum atomic E-state index is -3.85. The van der Waals surface area contributed by atoms with Crippen molar-refractivity contribution in [1.82, 2.24) is 3.97 Å². The Balaban J connectivity index is 2.38. The number of aromatic nitrogens is 1. The Morgan fingerprint density at radius 1 is 1.04 bits per heavy atom. The van der Waals surface area contributed by atoms with Gasteiger partial charge in [-0.15, -0.1) is 0 Å². The second-order valence-electron chi connectivity index (χ2n) is 6.59. The summed E-state index contributed by atoms with van der Waals surface area (Å²) in [7, 11) is -5.36. The Bertz CT molecular complexity index is 793. The van der Waals surface area contributed by atoms with E-state index in [0.717, 1.165) is 3.97 Å². The van der Waals surface area contributed by atoms with E-state index in [1.807, 2.05) is 0 Å². The highest BCUT2D eigenvalue weighted by Crippen LogP contribution is 2.25. The van der Waals surface area contributed by atoms with Gasteiger partial charge in [0.25, 0.3) is 10.0 Å². The summed E-state index contributed by atoms with van der Waals surface area (Å²) < 4.78 is 32.0. The van der Waals surface area contributed by atoms with Gasteiger partial charge in [-0.2, -0.15) is 0 Å². The molecule has 0 unspecified atom stereocenters. The van der Waals surface area contributed by atoms with E-state index in [-0.39, 0.29) is 10.5 Å². The largest absolute Gasteiger partial charge is 0.510 e. The second-order valence-corrected chi connectivity index (χ2v) is 8.40. The normalized spacial score (nSPS) is 13.1. The monoisotopic (exact) mass is 351 g/mol. The number of hydrogen-bond acceptors (Lipinski definition) is 5. The summed E-state index contributed by atoms with van der Waals surface area (Å²) in [6, 6.07) is 10.9. The Labute approximate surface area is 142 Å². The van der Waals surface area contributed by atoms with Gasteiger partial charge in [-0.1, -0.05) is 18.2 Å². The molecule has 2 aromatic rings. The zero-order valence-corrected chi connectivity index (χ0v) is 15.0. The summed E-state index contributed by atoms with van der Waals surface area (Å²) in [6.45, 7) is 6.35. The third kappa shape index (κ3) is 3.56. The van der Waals surface area contributed by atoms with E-state index in [9.17, 15) is 18.5 Å². The standard InChI is InChI=1S/C16H22BNO5S/c1-15(2,19)16(3,4)23-17(20)14-11-8-12-18(14)24(21,22)13-9-6-5-7-10-13/h5-12,19-20H,1-4H3. The van der Waals surface area contributed by atoms with Crippen molar-refractivity contribution >= 4 is 22.7 Å². The van der Waals surface area contributed by atoms with Gasteiger partial charge in [0.15, 0.2) is 0 Å². The van der Waals surface area contributed by atoms with Crippen LogP contribution in [0, 0.1) is 0 Å². The lowest BCUT2D eigenvalue weighted by Gasteiger charge is -2.38. The average Bonchev–Trinajstić information content (AvgIpc) is 2.97. The molecule has 0 atom stereocenters. The van der Waals surface area contributed by atoms with Crippen LogP contribution in [0.5, 0.6) is 0 Å². The molecule has 0 spiro atoms. The van der Waals surface area contributed by atoms with Crippen molar-refractivity contribution in [3.8, 4) is 0 Å². The molecule has 0 bridgehead atoms. The zero-order chi connectivity index (χ0) is 18.2. The van der Waals surface area contributed by atoms with Crippen LogP contribution < -0.4 is 5.59 Å². The molecule has 2 rings (SSSR count). The first-order valence-electron chi connectivity index (χ1n) is 7.53. The molecule has 8 heteroatoms. The van der Waals surface area contributed by atoms with E-state index in [0.29, 0.717) is 0 Å². The maximum atomic E-state index is 12.7. The Morgan fingerprint density at radius 2 is 1.62 bits per heavy atom. The molecule has 0 radical (unpaired) electrons. The number of nitrogens with zero attached hydrogens (tertiary/aromatic N) is 1. The number of aliphatic hydroxyl groups is 1. The van der Waals surface area contributed by atoms with Crippen molar-refractivity contribution in [2.75, 3.05) is 0 Å². The van der Waals surface area contributed by atoms with E-state index in [4.69, 9.17) is 4.65 Å². The summed E-state index contributed by atoms with van der Waals surface area (Å²) in [5.41, 5.74) is -2.27. The van der Waals surface area contributed by atoms with Crippen LogP contribution in [0.25, 0.3) is 0 Å². The zero-order valence-electron chi connectivity index (χ0n) is 14.2. The molecule has 0 aliphatic heterocycles. The predicted molar refractivity (Wildman–Crippen MR) is 92.5 cm³/mol. The van der Waals surface area contributed by atoms with Gasteiger partial charge < -0.3 is 14.8 Å². The number of hydrogen-bond donors (Lipinski definition) is 2. The summed E-state index contributed by atoms with van der Waals surface area (Å²) in [4.78, 5) is 0.108. The minimum Gasteiger partial charge on any atom is -0.422 e. The molecule has 0 saturated heterocycles. The Hall–Kier alpha value is -1.61. The van der Waals surface area contributed by atoms with Crippen molar-refractivity contribution in [2.45, 2.75) is 43.8 Å². The summed E-state index contributed by atoms with van der Waals surface area (Å²) >= 11 is 0. The van der Waals surface area contributed by atoms with Crippen LogP contribution in [0.1, 0.15) is 27.7 Å². The van der Waals surface area contributed by atoms with Gasteiger partial charge in [-0.25, -0.2) is 12.4 Å². The molecular formula is C16H22BNO5S. The van der Waals surface area contributed by atoms with E-state index >= 15 is 0 Å². The van der Waals surface area contributed by atoms with Gasteiger partial charge in [0.05, 0.1) is 21.7 Å². The van der Waals surface area contributed by atoms with Gasteiger partial charge in [-0.3, -0.25) is 0 Å². The van der Waals surface area contributed by atoms with Gasteiger partial charge in [0, 0.05) is 6.20 Å². The first kappa shape index (κ1) is 18.7. The van der Waals surface area contributed by atoms with E-state index in [2.05, 4.69) is 0 Å². The fraction of sp³-hybridized carbons (Fsp3) is 0.375. The molecule has 0 aliphatic rings. The molecule has 0 amide bonds. The number of benzene rings is 1. The third-order valence-corrected chi connectivity index (χ3v) is 5.89.